The zero-order chi connectivity index (χ0) is 30.6. The van der Waals surface area contributed by atoms with Crippen LogP contribution in [0.4, 0.5) is 0 Å². The molecule has 5 atom stereocenters. The van der Waals surface area contributed by atoms with E-state index in [1.54, 1.807) is 11.9 Å². The van der Waals surface area contributed by atoms with Gasteiger partial charge in [0.05, 0.1) is 5.25 Å². The molecule has 0 aliphatic carbocycles. The Morgan fingerprint density at radius 1 is 0.683 bits per heavy atom. The molecule has 0 aromatic rings. The minimum Gasteiger partial charge on any atom is -0.462 e. The van der Waals surface area contributed by atoms with Crippen LogP contribution in [0.2, 0.25) is 0 Å². The summed E-state index contributed by atoms with van der Waals surface area (Å²) in [4.78, 5) is 47.8. The number of hydrogen-bond donors (Lipinski definition) is 0. The summed E-state index contributed by atoms with van der Waals surface area (Å²) < 4.78 is 24.2. The van der Waals surface area contributed by atoms with Gasteiger partial charge in [0.1, 0.15) is 11.2 Å². The van der Waals surface area contributed by atoms with Crippen LogP contribution in [0.1, 0.15) is 119 Å². The molecule has 11 heteroatoms. The fourth-order valence-electron chi connectivity index (χ4n) is 4.79. The summed E-state index contributed by atoms with van der Waals surface area (Å²) in [6.45, 7) is 11.2. The van der Waals surface area contributed by atoms with Crippen LogP contribution in [0, 0.1) is 0 Å². The van der Waals surface area contributed by atoms with Crippen LogP contribution in [0.15, 0.2) is 0 Å². The SMILES string of the molecule is CCCCCCCCN(CCCCCCCC)S[C@@H]1S[C@H]([C@@H](COC(C)=O)OC(C)=O)[C@H](OC(C)=O)[C@H]1OC(C)=O. The van der Waals surface area contributed by atoms with Gasteiger partial charge in [0.2, 0.25) is 0 Å². The number of nitrogens with zero attached hydrogens (tertiary/aromatic N) is 1. The van der Waals surface area contributed by atoms with Crippen molar-refractivity contribution >= 4 is 47.6 Å². The first kappa shape index (κ1) is 37.6. The lowest BCUT2D eigenvalue weighted by Gasteiger charge is -2.29. The van der Waals surface area contributed by atoms with Gasteiger partial charge in [-0.15, -0.1) is 11.8 Å². The number of carbonyl (C=O) groups excluding carboxylic acids is 4. The van der Waals surface area contributed by atoms with Crippen molar-refractivity contribution in [2.45, 2.75) is 147 Å². The van der Waals surface area contributed by atoms with Crippen LogP contribution in [0.5, 0.6) is 0 Å². The lowest BCUT2D eigenvalue weighted by atomic mass is 10.1. The number of rotatable bonds is 22. The molecule has 0 saturated carbocycles. The second-order valence-corrected chi connectivity index (χ2v) is 13.5. The molecule has 0 bridgehead atoms. The molecule has 1 aliphatic rings. The maximum absolute atomic E-state index is 12.2. The highest BCUT2D eigenvalue weighted by atomic mass is 32.2. The van der Waals surface area contributed by atoms with Crippen molar-refractivity contribution in [1.82, 2.24) is 4.31 Å². The van der Waals surface area contributed by atoms with Crippen molar-refractivity contribution in [3.8, 4) is 0 Å². The van der Waals surface area contributed by atoms with Crippen LogP contribution in [-0.2, 0) is 38.1 Å². The Kier molecular flexibility index (Phi) is 20.3. The normalized spacial score (nSPS) is 21.0. The van der Waals surface area contributed by atoms with Crippen LogP contribution < -0.4 is 0 Å². The van der Waals surface area contributed by atoms with Crippen molar-refractivity contribution < 1.29 is 38.1 Å². The highest BCUT2D eigenvalue weighted by Gasteiger charge is 2.53. The molecule has 1 fully saturated rings. The summed E-state index contributed by atoms with van der Waals surface area (Å²) in [5.41, 5.74) is 0. The van der Waals surface area contributed by atoms with Crippen LogP contribution in [0.3, 0.4) is 0 Å². The van der Waals surface area contributed by atoms with Gasteiger partial charge in [0, 0.05) is 40.8 Å². The summed E-state index contributed by atoms with van der Waals surface area (Å²) >= 11 is 3.05. The molecule has 41 heavy (non-hydrogen) atoms. The van der Waals surface area contributed by atoms with Gasteiger partial charge in [-0.25, -0.2) is 4.31 Å². The first-order valence-corrected chi connectivity index (χ1v) is 17.1. The minimum absolute atomic E-state index is 0.187. The van der Waals surface area contributed by atoms with Crippen LogP contribution in [0.25, 0.3) is 0 Å². The van der Waals surface area contributed by atoms with Gasteiger partial charge in [-0.05, 0) is 12.8 Å². The molecule has 0 radical (unpaired) electrons. The quantitative estimate of drug-likeness (QED) is 0.0577. The molecule has 1 heterocycles. The second kappa shape index (κ2) is 22.1. The molecule has 9 nitrogen and oxygen atoms in total. The Balaban J connectivity index is 3.12. The first-order chi connectivity index (χ1) is 19.6. The third-order valence-corrected chi connectivity index (χ3v) is 9.87. The zero-order valence-electron chi connectivity index (χ0n) is 26.0. The monoisotopic (exact) mass is 619 g/mol. The smallest absolute Gasteiger partial charge is 0.303 e. The average molecular weight is 620 g/mol. The van der Waals surface area contributed by atoms with E-state index in [0.717, 1.165) is 38.8 Å². The van der Waals surface area contributed by atoms with E-state index in [-0.39, 0.29) is 11.2 Å². The number of unbranched alkanes of at least 4 members (excludes halogenated alkanes) is 10. The Morgan fingerprint density at radius 3 is 1.63 bits per heavy atom. The van der Waals surface area contributed by atoms with E-state index in [1.807, 2.05) is 0 Å². The van der Waals surface area contributed by atoms with E-state index < -0.39 is 47.4 Å². The molecule has 1 aliphatic heterocycles. The summed E-state index contributed by atoms with van der Waals surface area (Å²) in [6.07, 6.45) is 11.8. The molecule has 1 rings (SSSR count). The summed E-state index contributed by atoms with van der Waals surface area (Å²) in [7, 11) is 0. The van der Waals surface area contributed by atoms with E-state index in [0.29, 0.717) is 0 Å². The summed E-state index contributed by atoms with van der Waals surface area (Å²) in [5, 5.41) is -0.589. The van der Waals surface area contributed by atoms with Crippen LogP contribution >= 0.6 is 23.7 Å². The average Bonchev–Trinajstić information content (AvgIpc) is 3.20. The van der Waals surface area contributed by atoms with E-state index in [1.165, 1.54) is 90.8 Å². The van der Waals surface area contributed by atoms with Gasteiger partial charge in [-0.1, -0.05) is 90.0 Å². The van der Waals surface area contributed by atoms with Crippen molar-refractivity contribution in [3.05, 3.63) is 0 Å². The van der Waals surface area contributed by atoms with Gasteiger partial charge < -0.3 is 18.9 Å². The van der Waals surface area contributed by atoms with Crippen molar-refractivity contribution in [3.63, 3.8) is 0 Å². The van der Waals surface area contributed by atoms with Gasteiger partial charge in [-0.2, -0.15) is 0 Å². The molecule has 238 valence electrons. The fourth-order valence-corrected chi connectivity index (χ4v) is 8.18. The van der Waals surface area contributed by atoms with Crippen LogP contribution in [-0.4, -0.2) is 76.0 Å². The maximum atomic E-state index is 12.2. The molecule has 0 spiro atoms. The lowest BCUT2D eigenvalue weighted by molar-refractivity contribution is -0.169. The van der Waals surface area contributed by atoms with E-state index in [4.69, 9.17) is 18.9 Å². The van der Waals surface area contributed by atoms with Gasteiger partial charge in [0.25, 0.3) is 0 Å². The number of carbonyl (C=O) groups is 4. The third kappa shape index (κ3) is 16.7. The standard InChI is InChI=1S/C30H53NO8S2/c1-7-9-11-13-15-17-19-31(20-18-16-14-12-10-8-2)41-30-28(39-25(6)35)27(38-24(5)34)29(40-30)26(37-23(4)33)21-36-22(3)32/h26-30H,7-21H2,1-6H3/t26-,27-,28-,29-,30+/m1/s1. The van der Waals surface area contributed by atoms with Gasteiger partial charge >= 0.3 is 23.9 Å². The van der Waals surface area contributed by atoms with Gasteiger partial charge in [0.15, 0.2) is 18.3 Å². The minimum atomic E-state index is -0.875. The van der Waals surface area contributed by atoms with E-state index in [2.05, 4.69) is 18.2 Å². The molecular formula is C30H53NO8S2. The Morgan fingerprint density at radius 2 is 1.17 bits per heavy atom. The first-order valence-electron chi connectivity index (χ1n) is 15.3. The largest absolute Gasteiger partial charge is 0.462 e. The molecule has 0 amide bonds. The lowest BCUT2D eigenvalue weighted by Crippen LogP contribution is -2.46. The topological polar surface area (TPSA) is 108 Å². The Hall–Kier alpha value is -1.46. The summed E-state index contributed by atoms with van der Waals surface area (Å²) in [5.74, 6) is -2.08. The number of hydrogen-bond acceptors (Lipinski definition) is 11. The highest BCUT2D eigenvalue weighted by Crippen LogP contribution is 2.47. The molecule has 0 N–H and O–H groups in total. The summed E-state index contributed by atoms with van der Waals surface area (Å²) in [6, 6.07) is 0. The molecule has 0 aromatic carbocycles. The van der Waals surface area contributed by atoms with Crippen molar-refractivity contribution in [2.24, 2.45) is 0 Å². The molecular weight excluding hydrogens is 566 g/mol. The molecule has 0 aromatic heterocycles. The molecule has 0 unspecified atom stereocenters. The van der Waals surface area contributed by atoms with E-state index in [9.17, 15) is 19.2 Å². The highest BCUT2D eigenvalue weighted by molar-refractivity contribution is 8.16. The number of esters is 4. The third-order valence-electron chi connectivity index (χ3n) is 6.72. The Labute approximate surface area is 256 Å². The molecule has 1 saturated heterocycles. The number of thioether (sulfide) groups is 1. The predicted octanol–water partition coefficient (Wildman–Crippen LogP) is 6.46. The number of ether oxygens (including phenoxy) is 4. The maximum Gasteiger partial charge on any atom is 0.303 e. The fraction of sp³-hybridized carbons (Fsp3) is 0.867. The van der Waals surface area contributed by atoms with Crippen molar-refractivity contribution in [1.29, 1.82) is 0 Å². The van der Waals surface area contributed by atoms with Gasteiger partial charge in [-0.3, -0.25) is 19.2 Å². The Bertz CT molecular complexity index is 768. The van der Waals surface area contributed by atoms with E-state index >= 15 is 0 Å². The predicted molar refractivity (Wildman–Crippen MR) is 164 cm³/mol. The second-order valence-electron chi connectivity index (χ2n) is 10.6. The van der Waals surface area contributed by atoms with Crippen molar-refractivity contribution in [2.75, 3.05) is 19.7 Å². The zero-order valence-corrected chi connectivity index (χ0v) is 27.7.